The summed E-state index contributed by atoms with van der Waals surface area (Å²) in [4.78, 5) is 0. The minimum atomic E-state index is 0.968. The summed E-state index contributed by atoms with van der Waals surface area (Å²) in [7, 11) is 0. The summed E-state index contributed by atoms with van der Waals surface area (Å²) in [6.07, 6.45) is 4.86. The van der Waals surface area contributed by atoms with Crippen molar-refractivity contribution in [1.82, 2.24) is 0 Å². The molecule has 35 heavy (non-hydrogen) atoms. The Bertz CT molecular complexity index is 1460. The van der Waals surface area contributed by atoms with Gasteiger partial charge in [0.05, 0.1) is 0 Å². The summed E-state index contributed by atoms with van der Waals surface area (Å²) in [6, 6.07) is 45.1. The number of benzene rings is 5. The van der Waals surface area contributed by atoms with Gasteiger partial charge < -0.3 is 0 Å². The van der Waals surface area contributed by atoms with Crippen molar-refractivity contribution < 1.29 is 0 Å². The smallest absolute Gasteiger partial charge is 0.00200 e. The Hall–Kier alpha value is -3.90. The number of fused-ring (bicyclic) bond motifs is 5. The molecule has 0 nitrogen and oxygen atoms in total. The lowest BCUT2D eigenvalue weighted by Crippen LogP contribution is -2.03. The van der Waals surface area contributed by atoms with Crippen LogP contribution in [-0.4, -0.2) is 0 Å². The summed E-state index contributed by atoms with van der Waals surface area (Å²) in [6.45, 7) is 0. The lowest BCUT2D eigenvalue weighted by Gasteiger charge is -2.15. The fraction of sp³-hybridized carbons (Fsp3) is 0.143. The molecule has 0 N–H and O–H groups in total. The lowest BCUT2D eigenvalue weighted by atomic mass is 9.89. The van der Waals surface area contributed by atoms with Gasteiger partial charge in [-0.2, -0.15) is 0 Å². The van der Waals surface area contributed by atoms with E-state index in [-0.39, 0.29) is 0 Å². The first kappa shape index (κ1) is 21.6. The molecular formula is C35H30. The molecule has 0 radical (unpaired) electrons. The summed E-state index contributed by atoms with van der Waals surface area (Å²) < 4.78 is 0. The Morgan fingerprint density at radius 1 is 0.371 bits per heavy atom. The van der Waals surface area contributed by atoms with Crippen LogP contribution in [0.1, 0.15) is 55.6 Å². The van der Waals surface area contributed by atoms with E-state index in [9.17, 15) is 0 Å². The maximum atomic E-state index is 2.47. The summed E-state index contributed by atoms with van der Waals surface area (Å²) in [5.41, 5.74) is 14.2. The molecule has 0 aliphatic heterocycles. The summed E-state index contributed by atoms with van der Waals surface area (Å²) >= 11 is 0. The predicted octanol–water partition coefficient (Wildman–Crippen LogP) is 7.95. The average Bonchev–Trinajstić information content (AvgIpc) is 2.90. The lowest BCUT2D eigenvalue weighted by molar-refractivity contribution is 1.04. The Morgan fingerprint density at radius 2 is 0.800 bits per heavy atom. The van der Waals surface area contributed by atoms with Crippen LogP contribution in [0.15, 0.2) is 121 Å². The average molecular weight is 451 g/mol. The number of hydrogen-bond donors (Lipinski definition) is 0. The van der Waals surface area contributed by atoms with E-state index in [0.717, 1.165) is 32.1 Å². The van der Waals surface area contributed by atoms with Crippen molar-refractivity contribution in [2.45, 2.75) is 32.1 Å². The van der Waals surface area contributed by atoms with Crippen molar-refractivity contribution in [3.63, 3.8) is 0 Å². The molecule has 1 aliphatic rings. The second-order valence-corrected chi connectivity index (χ2v) is 9.78. The normalized spacial score (nSPS) is 12.8. The molecule has 0 saturated carbocycles. The zero-order valence-corrected chi connectivity index (χ0v) is 20.1. The SMILES string of the molecule is c1ccc(Cc2ccc3cc2Cc2ccccc2Cc2ccccc2Cc2ccccc2C3)cc1. The van der Waals surface area contributed by atoms with E-state index >= 15 is 0 Å². The Balaban J connectivity index is 1.50. The topological polar surface area (TPSA) is 0 Å². The zero-order valence-electron chi connectivity index (χ0n) is 20.1. The van der Waals surface area contributed by atoms with E-state index < -0.39 is 0 Å². The maximum Gasteiger partial charge on any atom is -0.00200 e. The molecule has 1 aliphatic carbocycles. The van der Waals surface area contributed by atoms with Crippen LogP contribution < -0.4 is 0 Å². The molecule has 0 amide bonds. The van der Waals surface area contributed by atoms with Crippen molar-refractivity contribution in [2.24, 2.45) is 0 Å². The first-order chi connectivity index (χ1) is 17.3. The van der Waals surface area contributed by atoms with Crippen LogP contribution >= 0.6 is 0 Å². The fourth-order valence-corrected chi connectivity index (χ4v) is 5.48. The molecule has 5 aromatic rings. The van der Waals surface area contributed by atoms with Crippen molar-refractivity contribution in [2.75, 3.05) is 0 Å². The molecular weight excluding hydrogens is 420 g/mol. The molecule has 5 aromatic carbocycles. The second kappa shape index (κ2) is 9.76. The highest BCUT2D eigenvalue weighted by Gasteiger charge is 2.14. The van der Waals surface area contributed by atoms with Gasteiger partial charge in [0.15, 0.2) is 0 Å². The van der Waals surface area contributed by atoms with Crippen molar-refractivity contribution in [3.05, 3.63) is 177 Å². The summed E-state index contributed by atoms with van der Waals surface area (Å²) in [5, 5.41) is 0. The van der Waals surface area contributed by atoms with E-state index in [1.54, 1.807) is 0 Å². The molecule has 170 valence electrons. The van der Waals surface area contributed by atoms with Gasteiger partial charge in [-0.15, -0.1) is 0 Å². The van der Waals surface area contributed by atoms with E-state index in [2.05, 4.69) is 121 Å². The van der Waals surface area contributed by atoms with Crippen molar-refractivity contribution >= 4 is 0 Å². The highest BCUT2D eigenvalue weighted by atomic mass is 14.2. The molecule has 2 bridgehead atoms. The fourth-order valence-electron chi connectivity index (χ4n) is 5.48. The van der Waals surface area contributed by atoms with Crippen LogP contribution in [0, 0.1) is 0 Å². The third-order valence-corrected chi connectivity index (χ3v) is 7.40. The third kappa shape index (κ3) is 4.84. The molecule has 0 heterocycles. The minimum absolute atomic E-state index is 0.968. The second-order valence-electron chi connectivity index (χ2n) is 9.78. The van der Waals surface area contributed by atoms with Crippen LogP contribution in [-0.2, 0) is 32.1 Å². The largest absolute Gasteiger partial charge is 0.0622 e. The van der Waals surface area contributed by atoms with E-state index in [1.807, 2.05) is 0 Å². The zero-order chi connectivity index (χ0) is 23.5. The standard InChI is InChI=1S/C35H30/c1-2-10-26(11-3-1)20-34-19-18-27-21-28-12-4-5-13-29(28)23-30-14-6-7-15-31(30)24-32-16-8-9-17-33(32)25-35(34)22-27/h1-19,22H,20-21,23-25H2. The van der Waals surface area contributed by atoms with Gasteiger partial charge in [0.1, 0.15) is 0 Å². The molecule has 0 atom stereocenters. The van der Waals surface area contributed by atoms with Gasteiger partial charge in [0.25, 0.3) is 0 Å². The molecule has 0 saturated heterocycles. The molecule has 0 aromatic heterocycles. The van der Waals surface area contributed by atoms with Gasteiger partial charge in [-0.05, 0) is 87.7 Å². The number of hydrogen-bond acceptors (Lipinski definition) is 0. The van der Waals surface area contributed by atoms with Crippen LogP contribution in [0.4, 0.5) is 0 Å². The maximum absolute atomic E-state index is 2.47. The first-order valence-electron chi connectivity index (χ1n) is 12.7. The van der Waals surface area contributed by atoms with Crippen LogP contribution in [0.5, 0.6) is 0 Å². The first-order valence-corrected chi connectivity index (χ1v) is 12.7. The van der Waals surface area contributed by atoms with Crippen molar-refractivity contribution in [1.29, 1.82) is 0 Å². The van der Waals surface area contributed by atoms with Gasteiger partial charge in [0, 0.05) is 0 Å². The van der Waals surface area contributed by atoms with Crippen LogP contribution in [0.25, 0.3) is 0 Å². The Morgan fingerprint density at radius 3 is 1.31 bits per heavy atom. The van der Waals surface area contributed by atoms with Crippen LogP contribution in [0.2, 0.25) is 0 Å². The van der Waals surface area contributed by atoms with E-state index in [1.165, 1.54) is 55.6 Å². The molecule has 0 spiro atoms. The monoisotopic (exact) mass is 450 g/mol. The highest BCUT2D eigenvalue weighted by molar-refractivity contribution is 5.46. The van der Waals surface area contributed by atoms with Gasteiger partial charge in [-0.25, -0.2) is 0 Å². The predicted molar refractivity (Wildman–Crippen MR) is 146 cm³/mol. The third-order valence-electron chi connectivity index (χ3n) is 7.40. The number of rotatable bonds is 2. The highest BCUT2D eigenvalue weighted by Crippen LogP contribution is 2.28. The van der Waals surface area contributed by atoms with Crippen molar-refractivity contribution in [3.8, 4) is 0 Å². The van der Waals surface area contributed by atoms with Crippen LogP contribution in [0.3, 0.4) is 0 Å². The molecule has 6 rings (SSSR count). The molecule has 0 heteroatoms. The molecule has 0 unspecified atom stereocenters. The minimum Gasteiger partial charge on any atom is -0.0622 e. The summed E-state index contributed by atoms with van der Waals surface area (Å²) in [5.74, 6) is 0. The van der Waals surface area contributed by atoms with Gasteiger partial charge in [0.2, 0.25) is 0 Å². The Labute approximate surface area is 208 Å². The quantitative estimate of drug-likeness (QED) is 0.251. The van der Waals surface area contributed by atoms with Gasteiger partial charge >= 0.3 is 0 Å². The van der Waals surface area contributed by atoms with Gasteiger partial charge in [-0.1, -0.05) is 121 Å². The van der Waals surface area contributed by atoms with Gasteiger partial charge in [-0.3, -0.25) is 0 Å². The molecule has 0 fully saturated rings. The van der Waals surface area contributed by atoms with E-state index in [0.29, 0.717) is 0 Å². The van der Waals surface area contributed by atoms with E-state index in [4.69, 9.17) is 0 Å². The Kier molecular flexibility index (Phi) is 6.03.